The summed E-state index contributed by atoms with van der Waals surface area (Å²) in [6, 6.07) is 18.5. The lowest BCUT2D eigenvalue weighted by Gasteiger charge is -2.31. The van der Waals surface area contributed by atoms with Gasteiger partial charge in [0.05, 0.1) is 6.42 Å². The molecular weight excluding hydrogens is 286 g/mol. The van der Waals surface area contributed by atoms with Gasteiger partial charge in [-0.05, 0) is 35.4 Å². The van der Waals surface area contributed by atoms with E-state index in [4.69, 9.17) is 5.11 Å². The van der Waals surface area contributed by atoms with Crippen LogP contribution in [0, 0.1) is 5.92 Å². The number of rotatable bonds is 4. The molecule has 1 saturated heterocycles. The minimum absolute atomic E-state index is 0.189. The normalized spacial score (nSPS) is 15.6. The van der Waals surface area contributed by atoms with Crippen LogP contribution in [0.25, 0.3) is 11.1 Å². The van der Waals surface area contributed by atoms with Crippen LogP contribution in [0.4, 0.5) is 0 Å². The molecule has 120 valence electrons. The summed E-state index contributed by atoms with van der Waals surface area (Å²) in [6.07, 6.45) is 2.28. The van der Waals surface area contributed by atoms with Crippen LogP contribution in [0.1, 0.15) is 18.4 Å². The molecule has 1 aliphatic heterocycles. The van der Waals surface area contributed by atoms with Gasteiger partial charge >= 0.3 is 0 Å². The summed E-state index contributed by atoms with van der Waals surface area (Å²) in [5.74, 6) is 0.554. The van der Waals surface area contributed by atoms with Gasteiger partial charge in [-0.2, -0.15) is 0 Å². The van der Waals surface area contributed by atoms with Crippen molar-refractivity contribution in [1.82, 2.24) is 4.90 Å². The Bertz CT molecular complexity index is 628. The number of aliphatic hydroxyl groups is 1. The van der Waals surface area contributed by atoms with E-state index in [1.54, 1.807) is 0 Å². The molecule has 1 amide bonds. The number of hydrogen-bond acceptors (Lipinski definition) is 2. The number of amides is 1. The van der Waals surface area contributed by atoms with E-state index in [-0.39, 0.29) is 12.5 Å². The first kappa shape index (κ1) is 15.8. The number of likely N-dealkylation sites (tertiary alicyclic amines) is 1. The standard InChI is InChI=1S/C20H23NO2/c22-15-17-10-12-21(13-11-17)20(23)14-16-6-8-19(9-7-16)18-4-2-1-3-5-18/h1-9,17,22H,10-15H2. The lowest BCUT2D eigenvalue weighted by atomic mass is 9.97. The second-order valence-corrected chi connectivity index (χ2v) is 6.25. The predicted octanol–water partition coefficient (Wildman–Crippen LogP) is 3.13. The Labute approximate surface area is 137 Å². The summed E-state index contributed by atoms with van der Waals surface area (Å²) < 4.78 is 0. The maximum Gasteiger partial charge on any atom is 0.226 e. The second-order valence-electron chi connectivity index (χ2n) is 6.25. The molecule has 3 heteroatoms. The molecule has 0 saturated carbocycles. The largest absolute Gasteiger partial charge is 0.396 e. The Kier molecular flexibility index (Phi) is 5.09. The van der Waals surface area contributed by atoms with Gasteiger partial charge in [0.25, 0.3) is 0 Å². The molecule has 0 bridgehead atoms. The zero-order chi connectivity index (χ0) is 16.1. The fourth-order valence-electron chi connectivity index (χ4n) is 3.10. The van der Waals surface area contributed by atoms with Crippen LogP contribution in [0.2, 0.25) is 0 Å². The van der Waals surface area contributed by atoms with Gasteiger partial charge in [0.15, 0.2) is 0 Å². The molecule has 0 aromatic heterocycles. The fraction of sp³-hybridized carbons (Fsp3) is 0.350. The van der Waals surface area contributed by atoms with Crippen molar-refractivity contribution >= 4 is 5.91 Å². The summed E-state index contributed by atoms with van der Waals surface area (Å²) in [7, 11) is 0. The SMILES string of the molecule is O=C(Cc1ccc(-c2ccccc2)cc1)N1CCC(CO)CC1. The van der Waals surface area contributed by atoms with Gasteiger partial charge in [0.1, 0.15) is 0 Å². The smallest absolute Gasteiger partial charge is 0.226 e. The molecule has 0 aliphatic carbocycles. The van der Waals surface area contributed by atoms with E-state index >= 15 is 0 Å². The van der Waals surface area contributed by atoms with Crippen LogP contribution in [0.3, 0.4) is 0 Å². The van der Waals surface area contributed by atoms with E-state index in [0.717, 1.165) is 31.5 Å². The van der Waals surface area contributed by atoms with Crippen molar-refractivity contribution < 1.29 is 9.90 Å². The van der Waals surface area contributed by atoms with Crippen molar-refractivity contribution in [2.75, 3.05) is 19.7 Å². The molecule has 0 unspecified atom stereocenters. The Balaban J connectivity index is 1.59. The maximum atomic E-state index is 12.4. The van der Waals surface area contributed by atoms with Crippen LogP contribution in [0.5, 0.6) is 0 Å². The summed E-state index contributed by atoms with van der Waals surface area (Å²) in [6.45, 7) is 1.78. The number of nitrogens with zero attached hydrogens (tertiary/aromatic N) is 1. The number of hydrogen-bond donors (Lipinski definition) is 1. The number of carbonyl (C=O) groups is 1. The molecule has 1 aliphatic rings. The molecule has 3 rings (SSSR count). The molecule has 1 N–H and O–H groups in total. The van der Waals surface area contributed by atoms with Crippen molar-refractivity contribution in [3.05, 3.63) is 60.2 Å². The zero-order valence-corrected chi connectivity index (χ0v) is 13.3. The minimum Gasteiger partial charge on any atom is -0.396 e. The third kappa shape index (κ3) is 3.99. The Morgan fingerprint density at radius 1 is 0.957 bits per heavy atom. The highest BCUT2D eigenvalue weighted by atomic mass is 16.3. The van der Waals surface area contributed by atoms with Crippen LogP contribution in [-0.2, 0) is 11.2 Å². The molecule has 3 nitrogen and oxygen atoms in total. The van der Waals surface area contributed by atoms with Crippen LogP contribution < -0.4 is 0 Å². The van der Waals surface area contributed by atoms with Crippen molar-refractivity contribution in [3.8, 4) is 11.1 Å². The van der Waals surface area contributed by atoms with E-state index < -0.39 is 0 Å². The molecule has 0 radical (unpaired) electrons. The molecule has 0 spiro atoms. The number of aliphatic hydroxyl groups excluding tert-OH is 1. The quantitative estimate of drug-likeness (QED) is 0.942. The first-order valence-electron chi connectivity index (χ1n) is 8.29. The first-order valence-corrected chi connectivity index (χ1v) is 8.29. The predicted molar refractivity (Wildman–Crippen MR) is 92.0 cm³/mol. The highest BCUT2D eigenvalue weighted by molar-refractivity contribution is 5.79. The average Bonchev–Trinajstić information content (AvgIpc) is 2.63. The van der Waals surface area contributed by atoms with Gasteiger partial charge in [-0.3, -0.25) is 4.79 Å². The fourth-order valence-corrected chi connectivity index (χ4v) is 3.10. The van der Waals surface area contributed by atoms with Crippen molar-refractivity contribution in [2.24, 2.45) is 5.92 Å². The third-order valence-corrected chi connectivity index (χ3v) is 4.64. The van der Waals surface area contributed by atoms with E-state index in [1.165, 1.54) is 11.1 Å². The minimum atomic E-state index is 0.189. The zero-order valence-electron chi connectivity index (χ0n) is 13.3. The topological polar surface area (TPSA) is 40.5 Å². The highest BCUT2D eigenvalue weighted by Gasteiger charge is 2.22. The van der Waals surface area contributed by atoms with Gasteiger partial charge < -0.3 is 10.0 Å². The van der Waals surface area contributed by atoms with Gasteiger partial charge in [-0.15, -0.1) is 0 Å². The van der Waals surface area contributed by atoms with Crippen molar-refractivity contribution in [2.45, 2.75) is 19.3 Å². The van der Waals surface area contributed by atoms with Crippen molar-refractivity contribution in [3.63, 3.8) is 0 Å². The van der Waals surface area contributed by atoms with Gasteiger partial charge in [-0.1, -0.05) is 54.6 Å². The van der Waals surface area contributed by atoms with E-state index in [1.807, 2.05) is 35.2 Å². The second kappa shape index (κ2) is 7.42. The molecule has 1 heterocycles. The molecule has 23 heavy (non-hydrogen) atoms. The Morgan fingerprint density at radius 3 is 2.17 bits per heavy atom. The number of benzene rings is 2. The Morgan fingerprint density at radius 2 is 1.57 bits per heavy atom. The van der Waals surface area contributed by atoms with Crippen LogP contribution in [0.15, 0.2) is 54.6 Å². The van der Waals surface area contributed by atoms with Gasteiger partial charge in [0.2, 0.25) is 5.91 Å². The maximum absolute atomic E-state index is 12.4. The summed E-state index contributed by atoms with van der Waals surface area (Å²) in [5.41, 5.74) is 3.42. The first-order chi connectivity index (χ1) is 11.3. The van der Waals surface area contributed by atoms with E-state index in [2.05, 4.69) is 24.3 Å². The lowest BCUT2D eigenvalue weighted by molar-refractivity contribution is -0.132. The summed E-state index contributed by atoms with van der Waals surface area (Å²) >= 11 is 0. The van der Waals surface area contributed by atoms with Gasteiger partial charge in [0, 0.05) is 19.7 Å². The highest BCUT2D eigenvalue weighted by Crippen LogP contribution is 2.21. The molecule has 2 aromatic carbocycles. The average molecular weight is 309 g/mol. The van der Waals surface area contributed by atoms with E-state index in [0.29, 0.717) is 12.3 Å². The number of carbonyl (C=O) groups excluding carboxylic acids is 1. The Hall–Kier alpha value is -2.13. The molecule has 2 aromatic rings. The molecule has 1 fully saturated rings. The van der Waals surface area contributed by atoms with Gasteiger partial charge in [-0.25, -0.2) is 0 Å². The lowest BCUT2D eigenvalue weighted by Crippen LogP contribution is -2.40. The third-order valence-electron chi connectivity index (χ3n) is 4.64. The summed E-state index contributed by atoms with van der Waals surface area (Å²) in [4.78, 5) is 14.3. The molecule has 0 atom stereocenters. The molecular formula is C20H23NO2. The number of piperidine rings is 1. The van der Waals surface area contributed by atoms with Crippen LogP contribution >= 0.6 is 0 Å². The van der Waals surface area contributed by atoms with Crippen LogP contribution in [-0.4, -0.2) is 35.6 Å². The van der Waals surface area contributed by atoms with Crippen molar-refractivity contribution in [1.29, 1.82) is 0 Å². The van der Waals surface area contributed by atoms with E-state index in [9.17, 15) is 4.79 Å². The summed E-state index contributed by atoms with van der Waals surface area (Å²) in [5, 5.41) is 9.17. The monoisotopic (exact) mass is 309 g/mol.